The van der Waals surface area contributed by atoms with Gasteiger partial charge in [-0.25, -0.2) is 4.79 Å². The zero-order valence-corrected chi connectivity index (χ0v) is 12.9. The molecule has 118 valence electrons. The van der Waals surface area contributed by atoms with Gasteiger partial charge in [-0.3, -0.25) is 19.1 Å². The van der Waals surface area contributed by atoms with Gasteiger partial charge in [0.15, 0.2) is 0 Å². The van der Waals surface area contributed by atoms with Gasteiger partial charge in [-0.05, 0) is 27.7 Å². The third kappa shape index (κ3) is 3.45. The molecule has 0 radical (unpaired) electrons. The molecular formula is C13H23N5O3. The molecule has 0 aliphatic heterocycles. The summed E-state index contributed by atoms with van der Waals surface area (Å²) in [4.78, 5) is 39.5. The van der Waals surface area contributed by atoms with Gasteiger partial charge >= 0.3 is 5.69 Å². The van der Waals surface area contributed by atoms with E-state index >= 15 is 0 Å². The summed E-state index contributed by atoms with van der Waals surface area (Å²) < 4.78 is 1.23. The van der Waals surface area contributed by atoms with Crippen molar-refractivity contribution in [2.75, 3.05) is 24.1 Å². The summed E-state index contributed by atoms with van der Waals surface area (Å²) in [6.45, 7) is 8.65. The summed E-state index contributed by atoms with van der Waals surface area (Å²) in [7, 11) is 0. The van der Waals surface area contributed by atoms with Gasteiger partial charge < -0.3 is 16.0 Å². The van der Waals surface area contributed by atoms with Crippen LogP contribution in [0.4, 0.5) is 11.5 Å². The van der Waals surface area contributed by atoms with Gasteiger partial charge in [-0.1, -0.05) is 0 Å². The highest BCUT2D eigenvalue weighted by Gasteiger charge is 2.21. The van der Waals surface area contributed by atoms with E-state index in [1.807, 2.05) is 13.8 Å². The number of carbonyl (C=O) groups is 1. The first-order valence-electron chi connectivity index (χ1n) is 7.05. The quantitative estimate of drug-likeness (QED) is 0.673. The van der Waals surface area contributed by atoms with E-state index in [0.717, 1.165) is 0 Å². The fraction of sp³-hybridized carbons (Fsp3) is 0.615. The standard InChI is InChI=1S/C13H23N5O3/c1-5-17(6-2)12(20)8(4)15-9-10(14)18(7-3)13(21)16-11(9)19/h8,15H,5-7,14H2,1-4H3,(H,16,19,21). The first-order chi connectivity index (χ1) is 9.87. The lowest BCUT2D eigenvalue weighted by atomic mass is 10.2. The van der Waals surface area contributed by atoms with Crippen LogP contribution < -0.4 is 22.3 Å². The maximum atomic E-state index is 12.2. The van der Waals surface area contributed by atoms with Crippen LogP contribution in [-0.4, -0.2) is 39.5 Å². The van der Waals surface area contributed by atoms with Crippen LogP contribution in [0.15, 0.2) is 9.59 Å². The molecule has 0 fully saturated rings. The Labute approximate surface area is 122 Å². The molecule has 0 saturated carbocycles. The Morgan fingerprint density at radius 3 is 2.38 bits per heavy atom. The van der Waals surface area contributed by atoms with Crippen LogP contribution in [0, 0.1) is 0 Å². The molecule has 1 aromatic heterocycles. The maximum absolute atomic E-state index is 12.2. The van der Waals surface area contributed by atoms with Gasteiger partial charge in [-0.2, -0.15) is 0 Å². The van der Waals surface area contributed by atoms with Crippen molar-refractivity contribution in [1.29, 1.82) is 0 Å². The number of nitrogens with zero attached hydrogens (tertiary/aromatic N) is 2. The van der Waals surface area contributed by atoms with Crippen LogP contribution in [0.5, 0.6) is 0 Å². The Morgan fingerprint density at radius 2 is 1.90 bits per heavy atom. The molecule has 8 heteroatoms. The van der Waals surface area contributed by atoms with E-state index in [-0.39, 0.29) is 17.4 Å². The monoisotopic (exact) mass is 297 g/mol. The summed E-state index contributed by atoms with van der Waals surface area (Å²) in [5.74, 6) is -0.0986. The molecule has 1 aromatic rings. The predicted molar refractivity (Wildman–Crippen MR) is 82.4 cm³/mol. The van der Waals surface area contributed by atoms with Crippen LogP contribution in [0.3, 0.4) is 0 Å². The second-order valence-corrected chi connectivity index (χ2v) is 4.64. The van der Waals surface area contributed by atoms with Crippen LogP contribution in [-0.2, 0) is 11.3 Å². The van der Waals surface area contributed by atoms with Gasteiger partial charge in [0.1, 0.15) is 17.5 Å². The first kappa shape index (κ1) is 16.8. The first-order valence-corrected chi connectivity index (χ1v) is 7.05. The number of aromatic amines is 1. The summed E-state index contributed by atoms with van der Waals surface area (Å²) in [6, 6.07) is -0.615. The predicted octanol–water partition coefficient (Wildman–Crippen LogP) is -0.192. The highest BCUT2D eigenvalue weighted by atomic mass is 16.2. The highest BCUT2D eigenvalue weighted by molar-refractivity contribution is 5.85. The SMILES string of the molecule is CCN(CC)C(=O)C(C)Nc1c(N)n(CC)c(=O)[nH]c1=O. The van der Waals surface area contributed by atoms with Crippen LogP contribution in [0.1, 0.15) is 27.7 Å². The van der Waals surface area contributed by atoms with E-state index in [1.54, 1.807) is 18.7 Å². The van der Waals surface area contributed by atoms with Crippen molar-refractivity contribution in [1.82, 2.24) is 14.5 Å². The van der Waals surface area contributed by atoms with E-state index in [2.05, 4.69) is 10.3 Å². The van der Waals surface area contributed by atoms with E-state index in [0.29, 0.717) is 19.6 Å². The molecule has 1 unspecified atom stereocenters. The number of aromatic nitrogens is 2. The second-order valence-electron chi connectivity index (χ2n) is 4.64. The Morgan fingerprint density at radius 1 is 1.33 bits per heavy atom. The molecule has 0 aliphatic carbocycles. The third-order valence-electron chi connectivity index (χ3n) is 3.36. The normalized spacial score (nSPS) is 12.0. The number of anilines is 2. The molecule has 1 rings (SSSR count). The lowest BCUT2D eigenvalue weighted by Crippen LogP contribution is -2.43. The Balaban J connectivity index is 3.11. The molecule has 0 bridgehead atoms. The van der Waals surface area contributed by atoms with Crippen molar-refractivity contribution >= 4 is 17.4 Å². The molecule has 8 nitrogen and oxygen atoms in total. The van der Waals surface area contributed by atoms with Crippen LogP contribution in [0.2, 0.25) is 0 Å². The molecule has 1 heterocycles. The van der Waals surface area contributed by atoms with Crippen molar-refractivity contribution in [2.45, 2.75) is 40.3 Å². The highest BCUT2D eigenvalue weighted by Crippen LogP contribution is 2.12. The molecule has 0 saturated heterocycles. The number of nitrogens with one attached hydrogen (secondary N) is 2. The van der Waals surface area contributed by atoms with E-state index in [9.17, 15) is 14.4 Å². The summed E-state index contributed by atoms with van der Waals surface area (Å²) in [5, 5.41) is 2.81. The number of hydrogen-bond donors (Lipinski definition) is 3. The minimum atomic E-state index is -0.624. The summed E-state index contributed by atoms with van der Waals surface area (Å²) >= 11 is 0. The number of likely N-dealkylation sites (N-methyl/N-ethyl adjacent to an activating group) is 1. The van der Waals surface area contributed by atoms with Gasteiger partial charge in [-0.15, -0.1) is 0 Å². The van der Waals surface area contributed by atoms with Crippen LogP contribution in [0.25, 0.3) is 0 Å². The lowest BCUT2D eigenvalue weighted by molar-refractivity contribution is -0.131. The van der Waals surface area contributed by atoms with Gasteiger partial charge in [0.05, 0.1) is 0 Å². The largest absolute Gasteiger partial charge is 0.383 e. The van der Waals surface area contributed by atoms with Crippen molar-refractivity contribution in [2.24, 2.45) is 0 Å². The van der Waals surface area contributed by atoms with Gasteiger partial charge in [0.25, 0.3) is 5.56 Å². The zero-order chi connectivity index (χ0) is 16.2. The molecule has 1 amide bonds. The van der Waals surface area contributed by atoms with E-state index in [1.165, 1.54) is 4.57 Å². The summed E-state index contributed by atoms with van der Waals surface area (Å²) in [6.07, 6.45) is 0. The van der Waals surface area contributed by atoms with Crippen LogP contribution >= 0.6 is 0 Å². The smallest absolute Gasteiger partial charge is 0.330 e. The summed E-state index contributed by atoms with van der Waals surface area (Å²) in [5.41, 5.74) is 4.70. The zero-order valence-electron chi connectivity index (χ0n) is 12.9. The molecule has 0 aromatic carbocycles. The molecular weight excluding hydrogens is 274 g/mol. The van der Waals surface area contributed by atoms with Gasteiger partial charge in [0.2, 0.25) is 5.91 Å². The molecule has 1 atom stereocenters. The number of rotatable bonds is 6. The number of amides is 1. The minimum absolute atomic E-state index is 0.0328. The average molecular weight is 297 g/mol. The lowest BCUT2D eigenvalue weighted by Gasteiger charge is -2.24. The molecule has 4 N–H and O–H groups in total. The number of hydrogen-bond acceptors (Lipinski definition) is 5. The van der Waals surface area contributed by atoms with Crippen molar-refractivity contribution in [3.63, 3.8) is 0 Å². The Bertz CT molecular complexity index is 615. The fourth-order valence-electron chi connectivity index (χ4n) is 2.13. The Kier molecular flexibility index (Phi) is 5.57. The van der Waals surface area contributed by atoms with E-state index in [4.69, 9.17) is 5.73 Å². The van der Waals surface area contributed by atoms with Gasteiger partial charge in [0, 0.05) is 19.6 Å². The molecule has 0 spiro atoms. The second kappa shape index (κ2) is 6.96. The average Bonchev–Trinajstić information content (AvgIpc) is 2.44. The number of H-pyrrole nitrogens is 1. The number of nitrogens with two attached hydrogens (primary N) is 1. The molecule has 0 aliphatic rings. The minimum Gasteiger partial charge on any atom is -0.383 e. The topological polar surface area (TPSA) is 113 Å². The Hall–Kier alpha value is -2.25. The third-order valence-corrected chi connectivity index (χ3v) is 3.36. The maximum Gasteiger partial charge on any atom is 0.330 e. The van der Waals surface area contributed by atoms with Crippen molar-refractivity contribution in [3.05, 3.63) is 20.8 Å². The number of nitrogen functional groups attached to an aromatic ring is 1. The number of carbonyl (C=O) groups excluding carboxylic acids is 1. The molecule has 21 heavy (non-hydrogen) atoms. The fourth-order valence-corrected chi connectivity index (χ4v) is 2.13. The van der Waals surface area contributed by atoms with E-state index < -0.39 is 17.3 Å². The van der Waals surface area contributed by atoms with Crippen molar-refractivity contribution < 1.29 is 4.79 Å². The van der Waals surface area contributed by atoms with Crippen molar-refractivity contribution in [3.8, 4) is 0 Å².